The van der Waals surface area contributed by atoms with Crippen molar-refractivity contribution >= 4 is 16.6 Å². The smallest absolute Gasteiger partial charge is 0.250 e. The van der Waals surface area contributed by atoms with E-state index in [1.54, 1.807) is 28.4 Å². The predicted octanol–water partition coefficient (Wildman–Crippen LogP) is 9.70. The molecule has 0 saturated heterocycles. The van der Waals surface area contributed by atoms with Gasteiger partial charge in [-0.25, -0.2) is 0 Å². The Bertz CT molecular complexity index is 1080. The largest absolute Gasteiger partial charge is 0.539 e. The molecule has 0 amide bonds. The van der Waals surface area contributed by atoms with Crippen molar-refractivity contribution in [3.05, 3.63) is 53.6 Å². The summed E-state index contributed by atoms with van der Waals surface area (Å²) in [5, 5.41) is 0. The molecule has 42 heavy (non-hydrogen) atoms. The molecule has 2 unspecified atom stereocenters. The first-order valence-corrected chi connectivity index (χ1v) is 20.7. The minimum Gasteiger partial charge on any atom is -0.539 e. The molecule has 236 valence electrons. The molecular weight excluding hydrogens is 561 g/mol. The van der Waals surface area contributed by atoms with Crippen molar-refractivity contribution in [1.29, 1.82) is 0 Å². The van der Waals surface area contributed by atoms with Crippen LogP contribution < -0.4 is 23.4 Å². The van der Waals surface area contributed by atoms with Gasteiger partial charge in [-0.15, -0.1) is 6.58 Å². The number of ether oxygens (including phenoxy) is 4. The molecule has 0 saturated carbocycles. The predicted molar refractivity (Wildman–Crippen MR) is 180 cm³/mol. The maximum atomic E-state index is 7.34. The van der Waals surface area contributed by atoms with Crippen LogP contribution >= 0.6 is 0 Å². The minimum absolute atomic E-state index is 0.0965. The molecular formula is C34H56O6Si2. The lowest BCUT2D eigenvalue weighted by Gasteiger charge is -2.38. The SMILES string of the molecule is C=CCc1cc(OC)c(C(C)C(O[Si](CC)(CC)CC)c2cc(OC)c(O[Si](CC)(CC)CC)c(OC)c2)c(OC)c1. The summed E-state index contributed by atoms with van der Waals surface area (Å²) in [5.74, 6) is 3.52. The van der Waals surface area contributed by atoms with Crippen LogP contribution in [0.25, 0.3) is 0 Å². The molecule has 6 nitrogen and oxygen atoms in total. The lowest BCUT2D eigenvalue weighted by Crippen LogP contribution is -2.39. The third-order valence-corrected chi connectivity index (χ3v) is 18.4. The fraction of sp³-hybridized carbons (Fsp3) is 0.588. The maximum absolute atomic E-state index is 7.34. The number of benzene rings is 2. The Kier molecular flexibility index (Phi) is 14.0. The second-order valence-electron chi connectivity index (χ2n) is 11.1. The molecule has 0 spiro atoms. The monoisotopic (exact) mass is 616 g/mol. The summed E-state index contributed by atoms with van der Waals surface area (Å²) in [4.78, 5) is 0. The highest BCUT2D eigenvalue weighted by Gasteiger charge is 2.39. The van der Waals surface area contributed by atoms with E-state index in [2.05, 4.69) is 79.3 Å². The zero-order valence-electron chi connectivity index (χ0n) is 28.1. The molecule has 0 radical (unpaired) electrons. The van der Waals surface area contributed by atoms with E-state index in [0.29, 0.717) is 17.2 Å². The van der Waals surface area contributed by atoms with Gasteiger partial charge in [-0.05, 0) is 78.1 Å². The minimum atomic E-state index is -2.06. The van der Waals surface area contributed by atoms with E-state index in [-0.39, 0.29) is 12.0 Å². The second kappa shape index (κ2) is 16.4. The number of rotatable bonds is 19. The normalized spacial score (nSPS) is 13.3. The Balaban J connectivity index is 2.86. The van der Waals surface area contributed by atoms with Gasteiger partial charge < -0.3 is 27.8 Å². The summed E-state index contributed by atoms with van der Waals surface area (Å²) in [6.07, 6.45) is 2.33. The van der Waals surface area contributed by atoms with E-state index >= 15 is 0 Å². The van der Waals surface area contributed by atoms with Crippen LogP contribution in [0.4, 0.5) is 0 Å². The van der Waals surface area contributed by atoms with Crippen molar-refractivity contribution in [2.75, 3.05) is 28.4 Å². The van der Waals surface area contributed by atoms with E-state index < -0.39 is 16.6 Å². The fourth-order valence-electron chi connectivity index (χ4n) is 5.95. The molecule has 2 aromatic rings. The van der Waals surface area contributed by atoms with Crippen LogP contribution in [0, 0.1) is 0 Å². The number of allylic oxidation sites excluding steroid dienone is 1. The van der Waals surface area contributed by atoms with E-state index in [1.807, 2.05) is 6.08 Å². The van der Waals surface area contributed by atoms with Crippen LogP contribution in [0.3, 0.4) is 0 Å². The lowest BCUT2D eigenvalue weighted by molar-refractivity contribution is 0.160. The van der Waals surface area contributed by atoms with Crippen molar-refractivity contribution in [2.45, 2.75) is 103 Å². The molecule has 0 aliphatic rings. The van der Waals surface area contributed by atoms with Crippen molar-refractivity contribution < 1.29 is 27.8 Å². The van der Waals surface area contributed by atoms with Gasteiger partial charge in [-0.2, -0.15) is 0 Å². The molecule has 8 heteroatoms. The van der Waals surface area contributed by atoms with Crippen LogP contribution in [0.1, 0.15) is 77.2 Å². The molecule has 0 aliphatic carbocycles. The molecule has 0 N–H and O–H groups in total. The lowest BCUT2D eigenvalue weighted by atomic mass is 9.88. The molecule has 0 bridgehead atoms. The van der Waals surface area contributed by atoms with Gasteiger partial charge in [-0.1, -0.05) is 54.5 Å². The van der Waals surface area contributed by atoms with Crippen LogP contribution in [0.15, 0.2) is 36.9 Å². The quantitative estimate of drug-likeness (QED) is 0.116. The van der Waals surface area contributed by atoms with Crippen LogP contribution in [0.2, 0.25) is 36.3 Å². The highest BCUT2D eigenvalue weighted by molar-refractivity contribution is 6.74. The van der Waals surface area contributed by atoms with Gasteiger partial charge >= 0.3 is 0 Å². The van der Waals surface area contributed by atoms with Crippen molar-refractivity contribution in [3.8, 4) is 28.7 Å². The Labute approximate surface area is 258 Å². The van der Waals surface area contributed by atoms with Crippen molar-refractivity contribution in [1.82, 2.24) is 0 Å². The van der Waals surface area contributed by atoms with Crippen molar-refractivity contribution in [3.63, 3.8) is 0 Å². The van der Waals surface area contributed by atoms with E-state index in [1.165, 1.54) is 0 Å². The Hall–Kier alpha value is -2.43. The Morgan fingerprint density at radius 2 is 1.10 bits per heavy atom. The zero-order valence-corrected chi connectivity index (χ0v) is 30.1. The van der Waals surface area contributed by atoms with Crippen LogP contribution in [-0.4, -0.2) is 45.1 Å². The summed E-state index contributed by atoms with van der Waals surface area (Å²) >= 11 is 0. The topological polar surface area (TPSA) is 55.4 Å². The first kappa shape index (κ1) is 35.8. The standard InChI is InChI=1S/C34H56O6Si2/c1-13-20-26-21-28(35-9)32(29(22-26)36-10)25(8)33(39-41(14-2,15-3)16-4)27-23-30(37-11)34(31(24-27)38-12)40-42(17-5,18-6)19-7/h13,21-25,33H,1,14-20H2,2-12H3. The van der Waals surface area contributed by atoms with Gasteiger partial charge in [0.15, 0.2) is 25.6 Å². The fourth-order valence-corrected chi connectivity index (χ4v) is 11.4. The maximum Gasteiger partial charge on any atom is 0.250 e. The highest BCUT2D eigenvalue weighted by atomic mass is 28.4. The van der Waals surface area contributed by atoms with Gasteiger partial charge in [0, 0.05) is 11.5 Å². The first-order chi connectivity index (χ1) is 20.1. The van der Waals surface area contributed by atoms with Crippen LogP contribution in [0.5, 0.6) is 28.7 Å². The molecule has 0 heterocycles. The Morgan fingerprint density at radius 3 is 1.45 bits per heavy atom. The average Bonchev–Trinajstić information content (AvgIpc) is 3.03. The Morgan fingerprint density at radius 1 is 0.667 bits per heavy atom. The number of methoxy groups -OCH3 is 4. The third-order valence-electron chi connectivity index (χ3n) is 9.27. The van der Waals surface area contributed by atoms with E-state index in [9.17, 15) is 0 Å². The zero-order chi connectivity index (χ0) is 31.5. The summed E-state index contributed by atoms with van der Waals surface area (Å²) in [6, 6.07) is 14.5. The van der Waals surface area contributed by atoms with Gasteiger partial charge in [0.2, 0.25) is 0 Å². The number of hydrogen-bond donors (Lipinski definition) is 0. The average molecular weight is 617 g/mol. The van der Waals surface area contributed by atoms with E-state index in [0.717, 1.165) is 70.9 Å². The summed E-state index contributed by atoms with van der Waals surface area (Å²) in [5.41, 5.74) is 3.07. The molecule has 2 aromatic carbocycles. The van der Waals surface area contributed by atoms with Gasteiger partial charge in [0.25, 0.3) is 8.32 Å². The van der Waals surface area contributed by atoms with E-state index in [4.69, 9.17) is 27.8 Å². The number of hydrogen-bond acceptors (Lipinski definition) is 6. The van der Waals surface area contributed by atoms with Crippen LogP contribution in [-0.2, 0) is 10.8 Å². The highest BCUT2D eigenvalue weighted by Crippen LogP contribution is 2.50. The summed E-state index contributed by atoms with van der Waals surface area (Å²) < 4.78 is 38.1. The first-order valence-electron chi connectivity index (χ1n) is 15.6. The second-order valence-corrected chi connectivity index (χ2v) is 20.5. The van der Waals surface area contributed by atoms with Gasteiger partial charge in [0.05, 0.1) is 34.5 Å². The third kappa shape index (κ3) is 7.74. The summed E-state index contributed by atoms with van der Waals surface area (Å²) in [7, 11) is 2.77. The molecule has 0 fully saturated rings. The van der Waals surface area contributed by atoms with Crippen molar-refractivity contribution in [2.24, 2.45) is 0 Å². The summed E-state index contributed by atoms with van der Waals surface area (Å²) in [6.45, 7) is 19.6. The molecule has 2 rings (SSSR count). The van der Waals surface area contributed by atoms with Gasteiger partial charge in [-0.3, -0.25) is 0 Å². The van der Waals surface area contributed by atoms with Gasteiger partial charge in [0.1, 0.15) is 11.5 Å². The molecule has 0 aromatic heterocycles. The molecule has 2 atom stereocenters. The molecule has 0 aliphatic heterocycles.